The number of aromatic amines is 1. The number of ketones is 1. The Kier molecular flexibility index (Phi) is 4.20. The van der Waals surface area contributed by atoms with Crippen molar-refractivity contribution in [1.82, 2.24) is 14.9 Å². The fraction of sp³-hybridized carbons (Fsp3) is 0.440. The molecule has 1 aliphatic carbocycles. The van der Waals surface area contributed by atoms with Gasteiger partial charge in [0.25, 0.3) is 0 Å². The molecule has 3 aromatic rings. The minimum absolute atomic E-state index is 0.200. The van der Waals surface area contributed by atoms with E-state index < -0.39 is 0 Å². The molecule has 6 rings (SSSR count). The molecule has 0 atom stereocenters. The van der Waals surface area contributed by atoms with Crippen molar-refractivity contribution in [2.24, 2.45) is 0 Å². The summed E-state index contributed by atoms with van der Waals surface area (Å²) >= 11 is 0. The molecule has 0 saturated carbocycles. The highest BCUT2D eigenvalue weighted by Gasteiger charge is 2.44. The smallest absolute Gasteiger partial charge is 0.170 e. The van der Waals surface area contributed by atoms with Crippen molar-refractivity contribution in [3.05, 3.63) is 59.4 Å². The molecule has 154 valence electrons. The molecule has 30 heavy (non-hydrogen) atoms. The molecule has 0 unspecified atom stereocenters. The van der Waals surface area contributed by atoms with Crippen LogP contribution in [0.1, 0.15) is 53.6 Å². The SMILES string of the molecule is O=C1CC2(CCN(C3CCc4ccccc4CC3)CC2)Oc2cc3nc[nH]c3cc21. The Morgan fingerprint density at radius 3 is 2.53 bits per heavy atom. The largest absolute Gasteiger partial charge is 0.486 e. The highest BCUT2D eigenvalue weighted by atomic mass is 16.5. The van der Waals surface area contributed by atoms with Crippen LogP contribution in [-0.4, -0.2) is 45.4 Å². The van der Waals surface area contributed by atoms with E-state index in [9.17, 15) is 4.79 Å². The average Bonchev–Trinajstić information content (AvgIpc) is 3.10. The van der Waals surface area contributed by atoms with Crippen molar-refractivity contribution in [3.63, 3.8) is 0 Å². The summed E-state index contributed by atoms with van der Waals surface area (Å²) in [5.41, 5.74) is 5.14. The first kappa shape index (κ1) is 18.1. The Morgan fingerprint density at radius 2 is 1.80 bits per heavy atom. The van der Waals surface area contributed by atoms with Crippen molar-refractivity contribution >= 4 is 16.8 Å². The van der Waals surface area contributed by atoms with E-state index in [1.54, 1.807) is 6.33 Å². The summed E-state index contributed by atoms with van der Waals surface area (Å²) < 4.78 is 6.52. The summed E-state index contributed by atoms with van der Waals surface area (Å²) in [6, 6.07) is 13.4. The number of aromatic nitrogens is 2. The number of fused-ring (bicyclic) bond motifs is 3. The Morgan fingerprint density at radius 1 is 1.07 bits per heavy atom. The molecular weight excluding hydrogens is 374 g/mol. The third-order valence-electron chi connectivity index (χ3n) is 7.47. The van der Waals surface area contributed by atoms with Crippen LogP contribution in [0.5, 0.6) is 5.75 Å². The van der Waals surface area contributed by atoms with Gasteiger partial charge in [-0.15, -0.1) is 0 Å². The zero-order valence-corrected chi connectivity index (χ0v) is 17.2. The molecular formula is C25H27N3O2. The molecule has 5 nitrogen and oxygen atoms in total. The lowest BCUT2D eigenvalue weighted by Crippen LogP contribution is -2.53. The Bertz CT molecular complexity index is 1080. The number of piperidine rings is 1. The average molecular weight is 402 g/mol. The van der Waals surface area contributed by atoms with Gasteiger partial charge >= 0.3 is 0 Å². The molecule has 1 aromatic heterocycles. The van der Waals surface area contributed by atoms with Crippen molar-refractivity contribution in [3.8, 4) is 5.75 Å². The molecule has 2 aliphatic heterocycles. The van der Waals surface area contributed by atoms with E-state index in [-0.39, 0.29) is 11.4 Å². The maximum absolute atomic E-state index is 13.0. The van der Waals surface area contributed by atoms with E-state index in [0.717, 1.165) is 37.0 Å². The second kappa shape index (κ2) is 6.95. The molecule has 2 aromatic carbocycles. The Balaban J connectivity index is 1.17. The van der Waals surface area contributed by atoms with Gasteiger partial charge in [0.15, 0.2) is 5.78 Å². The molecule has 3 aliphatic rings. The van der Waals surface area contributed by atoms with Crippen LogP contribution in [0.2, 0.25) is 0 Å². The Labute approximate surface area is 176 Å². The van der Waals surface area contributed by atoms with Crippen LogP contribution in [0.4, 0.5) is 0 Å². The van der Waals surface area contributed by atoms with Crippen molar-refractivity contribution < 1.29 is 9.53 Å². The number of hydrogen-bond donors (Lipinski definition) is 1. The number of Topliss-reactive ketones (excluding diaryl/α,β-unsaturated/α-hetero) is 1. The molecule has 5 heteroatoms. The molecule has 3 heterocycles. The van der Waals surface area contributed by atoms with Crippen LogP contribution in [0.25, 0.3) is 11.0 Å². The van der Waals surface area contributed by atoms with Gasteiger partial charge in [-0.25, -0.2) is 4.98 Å². The first-order chi connectivity index (χ1) is 14.7. The predicted octanol–water partition coefficient (Wildman–Crippen LogP) is 4.31. The summed E-state index contributed by atoms with van der Waals surface area (Å²) in [7, 11) is 0. The highest BCUT2D eigenvalue weighted by molar-refractivity contribution is 6.03. The summed E-state index contributed by atoms with van der Waals surface area (Å²) in [6.07, 6.45) is 8.78. The second-order valence-electron chi connectivity index (χ2n) is 9.19. The topological polar surface area (TPSA) is 58.2 Å². The second-order valence-corrected chi connectivity index (χ2v) is 9.19. The van der Waals surface area contributed by atoms with E-state index in [0.29, 0.717) is 23.8 Å². The monoisotopic (exact) mass is 401 g/mol. The van der Waals surface area contributed by atoms with E-state index in [4.69, 9.17) is 4.74 Å². The summed E-state index contributed by atoms with van der Waals surface area (Å²) in [5, 5.41) is 0. The van der Waals surface area contributed by atoms with Gasteiger partial charge in [-0.2, -0.15) is 0 Å². The normalized spacial score (nSPS) is 21.8. The number of ether oxygens (including phenoxy) is 1. The van der Waals surface area contributed by atoms with Crippen LogP contribution >= 0.6 is 0 Å². The van der Waals surface area contributed by atoms with Gasteiger partial charge < -0.3 is 14.6 Å². The lowest BCUT2D eigenvalue weighted by molar-refractivity contribution is -0.0200. The van der Waals surface area contributed by atoms with E-state index in [2.05, 4.69) is 39.1 Å². The zero-order valence-electron chi connectivity index (χ0n) is 17.2. The van der Waals surface area contributed by atoms with Gasteiger partial charge in [0.05, 0.1) is 29.3 Å². The van der Waals surface area contributed by atoms with Crippen LogP contribution in [0.15, 0.2) is 42.7 Å². The van der Waals surface area contributed by atoms with Crippen molar-refractivity contribution in [2.75, 3.05) is 13.1 Å². The summed E-state index contributed by atoms with van der Waals surface area (Å²) in [5.74, 6) is 0.912. The number of likely N-dealkylation sites (tertiary alicyclic amines) is 1. The van der Waals surface area contributed by atoms with E-state index >= 15 is 0 Å². The van der Waals surface area contributed by atoms with Gasteiger partial charge in [-0.3, -0.25) is 4.79 Å². The van der Waals surface area contributed by atoms with Crippen LogP contribution < -0.4 is 4.74 Å². The van der Waals surface area contributed by atoms with Crippen LogP contribution in [-0.2, 0) is 12.8 Å². The van der Waals surface area contributed by atoms with Crippen molar-refractivity contribution in [1.29, 1.82) is 0 Å². The minimum atomic E-state index is -0.349. The van der Waals surface area contributed by atoms with Crippen molar-refractivity contribution in [2.45, 2.75) is 56.6 Å². The molecule has 0 radical (unpaired) electrons. The molecule has 0 amide bonds. The number of aryl methyl sites for hydroxylation is 2. The number of imidazole rings is 1. The standard InChI is InChI=1S/C25H27N3O2/c29-23-15-25(30-24-14-22-21(13-20(23)24)26-16-27-22)9-11-28(12-10-25)19-7-5-17-3-1-2-4-18(17)6-8-19/h1-4,13-14,16,19H,5-12,15H2,(H,26,27). The van der Waals surface area contributed by atoms with Gasteiger partial charge in [-0.05, 0) is 42.9 Å². The number of rotatable bonds is 1. The number of benzene rings is 2. The summed E-state index contributed by atoms with van der Waals surface area (Å²) in [6.45, 7) is 2.02. The molecule has 0 bridgehead atoms. The van der Waals surface area contributed by atoms with E-state index in [1.165, 1.54) is 36.8 Å². The zero-order chi connectivity index (χ0) is 20.1. The minimum Gasteiger partial charge on any atom is -0.486 e. The number of carbonyl (C=O) groups excluding carboxylic acids is 1. The first-order valence-corrected chi connectivity index (χ1v) is 11.2. The third kappa shape index (κ3) is 3.03. The Hall–Kier alpha value is -2.66. The fourth-order valence-electron chi connectivity index (χ4n) is 5.70. The first-order valence-electron chi connectivity index (χ1n) is 11.2. The number of carbonyl (C=O) groups is 1. The molecule has 1 N–H and O–H groups in total. The van der Waals surface area contributed by atoms with E-state index in [1.807, 2.05) is 12.1 Å². The van der Waals surface area contributed by atoms with Gasteiger partial charge in [0, 0.05) is 38.0 Å². The number of H-pyrrole nitrogens is 1. The highest BCUT2D eigenvalue weighted by Crippen LogP contribution is 2.41. The maximum Gasteiger partial charge on any atom is 0.170 e. The van der Waals surface area contributed by atoms with Gasteiger partial charge in [0.2, 0.25) is 0 Å². The lowest BCUT2D eigenvalue weighted by atomic mass is 9.81. The predicted molar refractivity (Wildman–Crippen MR) is 116 cm³/mol. The quantitative estimate of drug-likeness (QED) is 0.618. The van der Waals surface area contributed by atoms with Crippen LogP contribution in [0, 0.1) is 0 Å². The third-order valence-corrected chi connectivity index (χ3v) is 7.47. The molecule has 1 fully saturated rings. The molecule has 1 spiro atoms. The van der Waals surface area contributed by atoms with Crippen LogP contribution in [0.3, 0.4) is 0 Å². The fourth-order valence-corrected chi connectivity index (χ4v) is 5.70. The number of nitrogens with one attached hydrogen (secondary N) is 1. The lowest BCUT2D eigenvalue weighted by Gasteiger charge is -2.46. The number of hydrogen-bond acceptors (Lipinski definition) is 4. The van der Waals surface area contributed by atoms with Gasteiger partial charge in [-0.1, -0.05) is 24.3 Å². The van der Waals surface area contributed by atoms with Gasteiger partial charge in [0.1, 0.15) is 11.4 Å². The maximum atomic E-state index is 13.0. The summed E-state index contributed by atoms with van der Waals surface area (Å²) in [4.78, 5) is 23.0. The number of nitrogens with zero attached hydrogens (tertiary/aromatic N) is 2. The molecule has 1 saturated heterocycles.